The maximum atomic E-state index is 13.4. The Hall–Kier alpha value is -2.25. The van der Waals surface area contributed by atoms with Crippen LogP contribution in [0.3, 0.4) is 0 Å². The number of amides is 1. The molecular weight excluding hydrogens is 343 g/mol. The molecule has 2 aromatic carbocycles. The number of carbonyl (C=O) groups is 1. The summed E-state index contributed by atoms with van der Waals surface area (Å²) in [4.78, 5) is 12.1. The molecule has 0 saturated carbocycles. The van der Waals surface area contributed by atoms with Gasteiger partial charge in [0, 0.05) is 12.2 Å². The molecule has 134 valence electrons. The van der Waals surface area contributed by atoms with Gasteiger partial charge >= 0.3 is 0 Å². The van der Waals surface area contributed by atoms with Crippen molar-refractivity contribution in [3.05, 3.63) is 59.9 Å². The number of hydrogen-bond donors (Lipinski definition) is 1. The van der Waals surface area contributed by atoms with Crippen LogP contribution in [-0.2, 0) is 14.8 Å². The van der Waals surface area contributed by atoms with Gasteiger partial charge in [0.15, 0.2) is 0 Å². The summed E-state index contributed by atoms with van der Waals surface area (Å²) >= 11 is 0. The van der Waals surface area contributed by atoms with Crippen molar-refractivity contribution < 1.29 is 17.6 Å². The van der Waals surface area contributed by atoms with Gasteiger partial charge in [0.25, 0.3) is 0 Å². The highest BCUT2D eigenvalue weighted by atomic mass is 32.2. The molecule has 0 heterocycles. The van der Waals surface area contributed by atoms with Crippen LogP contribution in [0.25, 0.3) is 0 Å². The third kappa shape index (κ3) is 4.87. The second-order valence-electron chi connectivity index (χ2n) is 5.66. The molecule has 5 nitrogen and oxygen atoms in total. The van der Waals surface area contributed by atoms with Crippen LogP contribution in [0.1, 0.15) is 18.9 Å². The minimum atomic E-state index is -3.95. The van der Waals surface area contributed by atoms with E-state index in [1.165, 1.54) is 18.2 Å². The van der Waals surface area contributed by atoms with E-state index in [0.29, 0.717) is 12.1 Å². The van der Waals surface area contributed by atoms with Gasteiger partial charge in [-0.25, -0.2) is 12.8 Å². The molecule has 25 heavy (non-hydrogen) atoms. The lowest BCUT2D eigenvalue weighted by atomic mass is 10.2. The quantitative estimate of drug-likeness (QED) is 0.821. The molecule has 0 atom stereocenters. The third-order valence-electron chi connectivity index (χ3n) is 3.65. The molecule has 0 aliphatic rings. The Balaban J connectivity index is 2.20. The zero-order valence-corrected chi connectivity index (χ0v) is 15.0. The third-order valence-corrected chi connectivity index (χ3v) is 5.49. The van der Waals surface area contributed by atoms with E-state index in [9.17, 15) is 17.6 Å². The average Bonchev–Trinajstić information content (AvgIpc) is 2.56. The van der Waals surface area contributed by atoms with Crippen molar-refractivity contribution in [1.29, 1.82) is 0 Å². The molecule has 1 N–H and O–H groups in total. The van der Waals surface area contributed by atoms with Crippen molar-refractivity contribution in [2.75, 3.05) is 18.4 Å². The van der Waals surface area contributed by atoms with Gasteiger partial charge in [0.05, 0.1) is 11.4 Å². The first-order valence-electron chi connectivity index (χ1n) is 7.95. The summed E-state index contributed by atoms with van der Waals surface area (Å²) in [7, 11) is -3.95. The molecule has 0 fully saturated rings. The van der Waals surface area contributed by atoms with Gasteiger partial charge in [-0.2, -0.15) is 4.31 Å². The predicted octanol–water partition coefficient (Wildman–Crippen LogP) is 3.17. The van der Waals surface area contributed by atoms with Gasteiger partial charge in [-0.3, -0.25) is 4.79 Å². The van der Waals surface area contributed by atoms with Crippen LogP contribution in [-0.4, -0.2) is 31.7 Å². The van der Waals surface area contributed by atoms with Crippen LogP contribution in [0.4, 0.5) is 10.1 Å². The fraction of sp³-hybridized carbons (Fsp3) is 0.278. The number of nitrogens with zero attached hydrogens (tertiary/aromatic N) is 1. The first-order valence-corrected chi connectivity index (χ1v) is 9.40. The summed E-state index contributed by atoms with van der Waals surface area (Å²) in [6.07, 6.45) is 0.534. The number of carbonyl (C=O) groups excluding carboxylic acids is 1. The van der Waals surface area contributed by atoms with Crippen molar-refractivity contribution in [1.82, 2.24) is 4.31 Å². The Labute approximate surface area is 147 Å². The van der Waals surface area contributed by atoms with Gasteiger partial charge in [-0.15, -0.1) is 0 Å². The standard InChI is InChI=1S/C18H21FN2O3S/c1-3-11-21(25(23,24)16-9-6-8-15(19)12-16)13-18(22)20-17-10-5-4-7-14(17)2/h4-10,12H,3,11,13H2,1-2H3,(H,20,22). The zero-order chi connectivity index (χ0) is 18.4. The van der Waals surface area contributed by atoms with Gasteiger partial charge in [-0.1, -0.05) is 31.2 Å². The lowest BCUT2D eigenvalue weighted by molar-refractivity contribution is -0.116. The van der Waals surface area contributed by atoms with Crippen LogP contribution in [0.15, 0.2) is 53.4 Å². The summed E-state index contributed by atoms with van der Waals surface area (Å²) in [5.41, 5.74) is 1.51. The summed E-state index contributed by atoms with van der Waals surface area (Å²) in [6.45, 7) is 3.50. The van der Waals surface area contributed by atoms with Crippen LogP contribution in [0, 0.1) is 12.7 Å². The number of nitrogens with one attached hydrogen (secondary N) is 1. The number of aryl methyl sites for hydroxylation is 1. The fourth-order valence-electron chi connectivity index (χ4n) is 2.37. The first-order chi connectivity index (χ1) is 11.8. The molecule has 0 aliphatic carbocycles. The lowest BCUT2D eigenvalue weighted by Crippen LogP contribution is -2.38. The van der Waals surface area contributed by atoms with Gasteiger partial charge in [-0.05, 0) is 43.2 Å². The Kier molecular flexibility index (Phi) is 6.27. The van der Waals surface area contributed by atoms with E-state index in [4.69, 9.17) is 0 Å². The molecule has 0 aromatic heterocycles. The summed E-state index contributed by atoms with van der Waals surface area (Å²) in [5.74, 6) is -1.08. The van der Waals surface area contributed by atoms with Crippen LogP contribution < -0.4 is 5.32 Å². The number of para-hydroxylation sites is 1. The lowest BCUT2D eigenvalue weighted by Gasteiger charge is -2.21. The Morgan fingerprint density at radius 2 is 1.88 bits per heavy atom. The fourth-order valence-corrected chi connectivity index (χ4v) is 3.89. The molecule has 0 bridgehead atoms. The molecular formula is C18H21FN2O3S. The van der Waals surface area contributed by atoms with Gasteiger partial charge < -0.3 is 5.32 Å². The van der Waals surface area contributed by atoms with E-state index in [0.717, 1.165) is 15.9 Å². The van der Waals surface area contributed by atoms with Crippen LogP contribution in [0.5, 0.6) is 0 Å². The van der Waals surface area contributed by atoms with E-state index in [-0.39, 0.29) is 18.0 Å². The van der Waals surface area contributed by atoms with E-state index >= 15 is 0 Å². The minimum Gasteiger partial charge on any atom is -0.325 e. The highest BCUT2D eigenvalue weighted by Crippen LogP contribution is 2.18. The normalized spacial score (nSPS) is 11.5. The Bertz CT molecular complexity index is 853. The Morgan fingerprint density at radius 1 is 1.16 bits per heavy atom. The van der Waals surface area contributed by atoms with Crippen molar-refractivity contribution in [2.45, 2.75) is 25.2 Å². The number of hydrogen-bond acceptors (Lipinski definition) is 3. The van der Waals surface area contributed by atoms with Gasteiger partial charge in [0.1, 0.15) is 5.82 Å². The number of rotatable bonds is 7. The zero-order valence-electron chi connectivity index (χ0n) is 14.2. The summed E-state index contributed by atoms with van der Waals surface area (Å²) < 4.78 is 39.9. The van der Waals surface area contributed by atoms with Crippen molar-refractivity contribution in [2.24, 2.45) is 0 Å². The number of anilines is 1. The minimum absolute atomic E-state index is 0.162. The number of halogens is 1. The van der Waals surface area contributed by atoms with Crippen molar-refractivity contribution in [3.8, 4) is 0 Å². The molecule has 0 aliphatic heterocycles. The van der Waals surface area contributed by atoms with E-state index in [2.05, 4.69) is 5.32 Å². The summed E-state index contributed by atoms with van der Waals surface area (Å²) in [6, 6.07) is 12.0. The molecule has 0 spiro atoms. The van der Waals surface area contributed by atoms with E-state index in [1.807, 2.05) is 26.0 Å². The second-order valence-corrected chi connectivity index (χ2v) is 7.60. The highest BCUT2D eigenvalue weighted by Gasteiger charge is 2.26. The molecule has 1 amide bonds. The maximum absolute atomic E-state index is 13.4. The van der Waals surface area contributed by atoms with Crippen molar-refractivity contribution in [3.63, 3.8) is 0 Å². The Morgan fingerprint density at radius 3 is 2.52 bits per heavy atom. The van der Waals surface area contributed by atoms with Gasteiger partial charge in [0.2, 0.25) is 15.9 Å². The molecule has 0 unspecified atom stereocenters. The average molecular weight is 364 g/mol. The SMILES string of the molecule is CCCN(CC(=O)Nc1ccccc1C)S(=O)(=O)c1cccc(F)c1. The maximum Gasteiger partial charge on any atom is 0.243 e. The predicted molar refractivity (Wildman–Crippen MR) is 95.3 cm³/mol. The van der Waals surface area contributed by atoms with E-state index < -0.39 is 21.7 Å². The molecule has 2 aromatic rings. The number of sulfonamides is 1. The second kappa shape index (κ2) is 8.22. The topological polar surface area (TPSA) is 66.5 Å². The number of benzene rings is 2. The van der Waals surface area contributed by atoms with Crippen LogP contribution in [0.2, 0.25) is 0 Å². The molecule has 2 rings (SSSR count). The van der Waals surface area contributed by atoms with Crippen LogP contribution >= 0.6 is 0 Å². The smallest absolute Gasteiger partial charge is 0.243 e. The first kappa shape index (κ1) is 19.1. The molecule has 0 saturated heterocycles. The molecule has 7 heteroatoms. The highest BCUT2D eigenvalue weighted by molar-refractivity contribution is 7.89. The molecule has 0 radical (unpaired) electrons. The largest absolute Gasteiger partial charge is 0.325 e. The van der Waals surface area contributed by atoms with Crippen molar-refractivity contribution >= 4 is 21.6 Å². The monoisotopic (exact) mass is 364 g/mol. The summed E-state index contributed by atoms with van der Waals surface area (Å²) in [5, 5.41) is 2.71. The van der Waals surface area contributed by atoms with E-state index in [1.54, 1.807) is 12.1 Å².